The third kappa shape index (κ3) is 12.3. The normalized spacial score (nSPS) is 10.6. The molecule has 0 aliphatic heterocycles. The summed E-state index contributed by atoms with van der Waals surface area (Å²) in [6.07, 6.45) is 5.38. The molecule has 0 radical (unpaired) electrons. The molecule has 0 atom stereocenters. The average molecular weight is 174 g/mol. The predicted molar refractivity (Wildman–Crippen MR) is 53.1 cm³/mol. The molecule has 2 N–H and O–H groups in total. The summed E-state index contributed by atoms with van der Waals surface area (Å²) < 4.78 is 0. The molecule has 0 bridgehead atoms. The molecule has 0 amide bonds. The van der Waals surface area contributed by atoms with E-state index in [9.17, 15) is 0 Å². The first-order chi connectivity index (χ1) is 5.76. The zero-order chi connectivity index (χ0) is 9.82. The average Bonchev–Trinajstić information content (AvgIpc) is 2.08. The number of hydrogen-bond donors (Lipinski definition) is 2. The Morgan fingerprint density at radius 3 is 1.92 bits per heavy atom. The molecular weight excluding hydrogens is 152 g/mol. The molecule has 0 heterocycles. The second kappa shape index (κ2) is 13.3. The molecule has 0 saturated carbocycles. The minimum Gasteiger partial charge on any atom is -0.397 e. The fourth-order valence-corrected chi connectivity index (χ4v) is 0.669. The zero-order valence-electron chi connectivity index (χ0n) is 8.51. The molecule has 0 spiro atoms. The van der Waals surface area contributed by atoms with Crippen molar-refractivity contribution in [2.24, 2.45) is 0 Å². The first-order valence-corrected chi connectivity index (χ1v) is 4.66. The van der Waals surface area contributed by atoms with Crippen LogP contribution in [0.3, 0.4) is 0 Å². The van der Waals surface area contributed by atoms with Gasteiger partial charge in [-0.2, -0.15) is 0 Å². The summed E-state index contributed by atoms with van der Waals surface area (Å²) in [6, 6.07) is 0. The molecule has 2 nitrogen and oxygen atoms in total. The smallest absolute Gasteiger partial charge is 0.0641 e. The van der Waals surface area contributed by atoms with Crippen LogP contribution in [0.1, 0.15) is 40.0 Å². The minimum atomic E-state index is 0.233. The van der Waals surface area contributed by atoms with Gasteiger partial charge in [-0.25, -0.2) is 0 Å². The predicted octanol–water partition coefficient (Wildman–Crippen LogP) is 2.11. The van der Waals surface area contributed by atoms with Crippen LogP contribution in [0.25, 0.3) is 0 Å². The van der Waals surface area contributed by atoms with Crippen LogP contribution in [0, 0.1) is 0 Å². The van der Waals surface area contributed by atoms with E-state index in [1.165, 1.54) is 6.42 Å². The van der Waals surface area contributed by atoms with Gasteiger partial charge in [-0.3, -0.25) is 0 Å². The Morgan fingerprint density at radius 2 is 1.67 bits per heavy atom. The lowest BCUT2D eigenvalue weighted by molar-refractivity contribution is 0.318. The van der Waals surface area contributed by atoms with E-state index in [1.54, 1.807) is 6.92 Å². The standard InChI is InChI=1S/C8H16O.C2H6O/c1-3-5-6-8(4-2)7-9;1-2-3/h6,9H,3-5,7H2,1-2H3;3H,2H2,1H3/b8-6+;. The molecule has 0 fully saturated rings. The largest absolute Gasteiger partial charge is 0.397 e. The Hall–Kier alpha value is -0.340. The number of aliphatic hydroxyl groups is 2. The minimum absolute atomic E-state index is 0.233. The van der Waals surface area contributed by atoms with E-state index in [-0.39, 0.29) is 13.2 Å². The highest BCUT2D eigenvalue weighted by molar-refractivity contribution is 5.00. The Morgan fingerprint density at radius 1 is 1.17 bits per heavy atom. The summed E-state index contributed by atoms with van der Waals surface area (Å²) in [5.74, 6) is 0. The molecular formula is C10H22O2. The van der Waals surface area contributed by atoms with Gasteiger partial charge in [0.05, 0.1) is 6.61 Å². The molecule has 74 valence electrons. The molecule has 0 rings (SSSR count). The van der Waals surface area contributed by atoms with Crippen LogP contribution in [0.4, 0.5) is 0 Å². The van der Waals surface area contributed by atoms with Crippen molar-refractivity contribution in [1.82, 2.24) is 0 Å². The summed E-state index contributed by atoms with van der Waals surface area (Å²) in [5, 5.41) is 16.3. The van der Waals surface area contributed by atoms with E-state index >= 15 is 0 Å². The number of aliphatic hydroxyl groups excluding tert-OH is 2. The summed E-state index contributed by atoms with van der Waals surface area (Å²) >= 11 is 0. The maximum atomic E-state index is 8.68. The van der Waals surface area contributed by atoms with E-state index in [2.05, 4.69) is 19.9 Å². The summed E-state index contributed by atoms with van der Waals surface area (Å²) in [6.45, 7) is 6.37. The fourth-order valence-electron chi connectivity index (χ4n) is 0.669. The lowest BCUT2D eigenvalue weighted by Gasteiger charge is -1.96. The third-order valence-corrected chi connectivity index (χ3v) is 1.38. The first kappa shape index (κ1) is 14.2. The molecule has 2 heteroatoms. The van der Waals surface area contributed by atoms with Gasteiger partial charge in [0, 0.05) is 6.61 Å². The highest BCUT2D eigenvalue weighted by Crippen LogP contribution is 2.01. The van der Waals surface area contributed by atoms with Crippen LogP contribution in [-0.2, 0) is 0 Å². The van der Waals surface area contributed by atoms with Crippen molar-refractivity contribution in [2.45, 2.75) is 40.0 Å². The maximum absolute atomic E-state index is 8.68. The zero-order valence-corrected chi connectivity index (χ0v) is 8.51. The van der Waals surface area contributed by atoms with Gasteiger partial charge in [0.1, 0.15) is 0 Å². The monoisotopic (exact) mass is 174 g/mol. The van der Waals surface area contributed by atoms with Gasteiger partial charge in [0.15, 0.2) is 0 Å². The second-order valence-electron chi connectivity index (χ2n) is 2.48. The van der Waals surface area contributed by atoms with Crippen molar-refractivity contribution in [3.63, 3.8) is 0 Å². The molecule has 0 aromatic rings. The second-order valence-corrected chi connectivity index (χ2v) is 2.48. The van der Waals surface area contributed by atoms with Gasteiger partial charge in [0.2, 0.25) is 0 Å². The molecule has 0 aliphatic carbocycles. The number of unbranched alkanes of at least 4 members (excludes halogenated alkanes) is 1. The molecule has 0 saturated heterocycles. The van der Waals surface area contributed by atoms with Gasteiger partial charge in [0.25, 0.3) is 0 Å². The lowest BCUT2D eigenvalue weighted by Crippen LogP contribution is -1.87. The number of hydrogen-bond acceptors (Lipinski definition) is 2. The van der Waals surface area contributed by atoms with Crippen LogP contribution < -0.4 is 0 Å². The summed E-state index contributed by atoms with van der Waals surface area (Å²) in [5.41, 5.74) is 1.16. The highest BCUT2D eigenvalue weighted by Gasteiger charge is 1.87. The number of allylic oxidation sites excluding steroid dienone is 1. The molecule has 12 heavy (non-hydrogen) atoms. The summed E-state index contributed by atoms with van der Waals surface area (Å²) in [7, 11) is 0. The Labute approximate surface area is 75.9 Å². The van der Waals surface area contributed by atoms with Gasteiger partial charge in [-0.15, -0.1) is 0 Å². The molecule has 0 aliphatic rings. The van der Waals surface area contributed by atoms with Crippen LogP contribution in [0.5, 0.6) is 0 Å². The molecule has 0 unspecified atom stereocenters. The third-order valence-electron chi connectivity index (χ3n) is 1.38. The Balaban J connectivity index is 0. The fraction of sp³-hybridized carbons (Fsp3) is 0.800. The van der Waals surface area contributed by atoms with Crippen LogP contribution in [-0.4, -0.2) is 23.4 Å². The maximum Gasteiger partial charge on any atom is 0.0641 e. The van der Waals surface area contributed by atoms with Gasteiger partial charge < -0.3 is 10.2 Å². The van der Waals surface area contributed by atoms with Crippen molar-refractivity contribution < 1.29 is 10.2 Å². The van der Waals surface area contributed by atoms with Crippen LogP contribution in [0.2, 0.25) is 0 Å². The summed E-state index contributed by atoms with van der Waals surface area (Å²) in [4.78, 5) is 0. The molecule has 0 aromatic heterocycles. The van der Waals surface area contributed by atoms with E-state index in [4.69, 9.17) is 10.2 Å². The van der Waals surface area contributed by atoms with Crippen LogP contribution >= 0.6 is 0 Å². The van der Waals surface area contributed by atoms with Crippen molar-refractivity contribution in [3.8, 4) is 0 Å². The van der Waals surface area contributed by atoms with Crippen molar-refractivity contribution in [3.05, 3.63) is 11.6 Å². The lowest BCUT2D eigenvalue weighted by atomic mass is 10.1. The van der Waals surface area contributed by atoms with E-state index in [0.29, 0.717) is 0 Å². The Kier molecular flexibility index (Phi) is 15.7. The van der Waals surface area contributed by atoms with Crippen molar-refractivity contribution >= 4 is 0 Å². The van der Waals surface area contributed by atoms with E-state index in [1.807, 2.05) is 0 Å². The van der Waals surface area contributed by atoms with Crippen molar-refractivity contribution in [2.75, 3.05) is 13.2 Å². The topological polar surface area (TPSA) is 40.5 Å². The molecule has 0 aromatic carbocycles. The van der Waals surface area contributed by atoms with Crippen molar-refractivity contribution in [1.29, 1.82) is 0 Å². The Bertz CT molecular complexity index is 92.0. The van der Waals surface area contributed by atoms with Gasteiger partial charge in [-0.05, 0) is 25.3 Å². The van der Waals surface area contributed by atoms with E-state index in [0.717, 1.165) is 18.4 Å². The van der Waals surface area contributed by atoms with Gasteiger partial charge in [-0.1, -0.05) is 26.3 Å². The highest BCUT2D eigenvalue weighted by atomic mass is 16.3. The van der Waals surface area contributed by atoms with E-state index < -0.39 is 0 Å². The SMILES string of the molecule is CCC/C=C(\CC)CO.CCO. The number of rotatable bonds is 4. The first-order valence-electron chi connectivity index (χ1n) is 4.66. The quantitative estimate of drug-likeness (QED) is 0.641. The van der Waals surface area contributed by atoms with Gasteiger partial charge >= 0.3 is 0 Å². The van der Waals surface area contributed by atoms with Crippen LogP contribution in [0.15, 0.2) is 11.6 Å².